The normalized spacial score (nSPS) is 13.8. The SMILES string of the molecule is CC(C)(C)OC(=O)N1Cc2ccc(NC(N)=O)cc2C1. The van der Waals surface area contributed by atoms with Crippen molar-refractivity contribution in [2.75, 3.05) is 5.32 Å². The van der Waals surface area contributed by atoms with E-state index >= 15 is 0 Å². The number of primary amides is 1. The third-order valence-electron chi connectivity index (χ3n) is 2.85. The van der Waals surface area contributed by atoms with E-state index in [0.29, 0.717) is 18.8 Å². The van der Waals surface area contributed by atoms with E-state index in [1.807, 2.05) is 32.9 Å². The summed E-state index contributed by atoms with van der Waals surface area (Å²) in [7, 11) is 0. The second-order valence-electron chi connectivity index (χ2n) is 5.81. The molecule has 1 aliphatic rings. The zero-order valence-electron chi connectivity index (χ0n) is 11.9. The average Bonchev–Trinajstić information content (AvgIpc) is 2.68. The number of rotatable bonds is 1. The molecule has 0 fully saturated rings. The van der Waals surface area contributed by atoms with Crippen molar-refractivity contribution in [2.45, 2.75) is 39.5 Å². The number of hydrogen-bond acceptors (Lipinski definition) is 3. The van der Waals surface area contributed by atoms with Gasteiger partial charge >= 0.3 is 12.1 Å². The minimum atomic E-state index is -0.605. The summed E-state index contributed by atoms with van der Waals surface area (Å²) in [5, 5.41) is 2.52. The molecule has 1 heterocycles. The molecule has 0 saturated carbocycles. The van der Waals surface area contributed by atoms with Crippen LogP contribution < -0.4 is 11.1 Å². The van der Waals surface area contributed by atoms with Crippen LogP contribution >= 0.6 is 0 Å². The van der Waals surface area contributed by atoms with E-state index in [-0.39, 0.29) is 6.09 Å². The molecule has 0 unspecified atom stereocenters. The second-order valence-corrected chi connectivity index (χ2v) is 5.81. The number of carbonyl (C=O) groups is 2. The lowest BCUT2D eigenvalue weighted by Gasteiger charge is -2.24. The molecule has 3 amide bonds. The standard InChI is InChI=1S/C14H19N3O3/c1-14(2,3)20-13(19)17-7-9-4-5-11(16-12(15)18)6-10(9)8-17/h4-6H,7-8H2,1-3H3,(H3,15,16,18). The third-order valence-corrected chi connectivity index (χ3v) is 2.85. The van der Waals surface area contributed by atoms with E-state index in [1.54, 1.807) is 11.0 Å². The molecule has 0 aliphatic carbocycles. The molecule has 0 aromatic heterocycles. The van der Waals surface area contributed by atoms with E-state index in [2.05, 4.69) is 5.32 Å². The number of nitrogens with two attached hydrogens (primary N) is 1. The minimum absolute atomic E-state index is 0.335. The molecule has 108 valence electrons. The lowest BCUT2D eigenvalue weighted by molar-refractivity contribution is 0.0242. The topological polar surface area (TPSA) is 84.7 Å². The summed E-state index contributed by atoms with van der Waals surface area (Å²) in [5.74, 6) is 0. The summed E-state index contributed by atoms with van der Waals surface area (Å²) in [4.78, 5) is 24.5. The first kappa shape index (κ1) is 14.2. The van der Waals surface area contributed by atoms with Crippen LogP contribution in [0.5, 0.6) is 0 Å². The Kier molecular flexibility index (Phi) is 3.57. The molecule has 20 heavy (non-hydrogen) atoms. The van der Waals surface area contributed by atoms with Crippen molar-refractivity contribution in [3.63, 3.8) is 0 Å². The number of carbonyl (C=O) groups excluding carboxylic acids is 2. The molecule has 0 saturated heterocycles. The van der Waals surface area contributed by atoms with E-state index in [0.717, 1.165) is 11.1 Å². The summed E-state index contributed by atoms with van der Waals surface area (Å²) < 4.78 is 5.34. The van der Waals surface area contributed by atoms with Gasteiger partial charge in [0.1, 0.15) is 5.60 Å². The Hall–Kier alpha value is -2.24. The van der Waals surface area contributed by atoms with Crippen molar-refractivity contribution in [2.24, 2.45) is 5.73 Å². The summed E-state index contributed by atoms with van der Waals surface area (Å²) >= 11 is 0. The van der Waals surface area contributed by atoms with Gasteiger partial charge in [0, 0.05) is 18.8 Å². The Balaban J connectivity index is 2.07. The summed E-state index contributed by atoms with van der Waals surface area (Å²) in [6.07, 6.45) is -0.335. The number of nitrogens with zero attached hydrogens (tertiary/aromatic N) is 1. The first-order valence-corrected chi connectivity index (χ1v) is 6.41. The van der Waals surface area contributed by atoms with E-state index < -0.39 is 11.6 Å². The number of amides is 3. The van der Waals surface area contributed by atoms with Crippen LogP contribution in [0.1, 0.15) is 31.9 Å². The van der Waals surface area contributed by atoms with Crippen LogP contribution in [0.3, 0.4) is 0 Å². The maximum absolute atomic E-state index is 12.0. The largest absolute Gasteiger partial charge is 0.444 e. The third kappa shape index (κ3) is 3.40. The molecule has 0 radical (unpaired) electrons. The molecule has 0 atom stereocenters. The summed E-state index contributed by atoms with van der Waals surface area (Å²) in [6, 6.07) is 4.87. The second kappa shape index (κ2) is 5.03. The highest BCUT2D eigenvalue weighted by atomic mass is 16.6. The van der Waals surface area contributed by atoms with Gasteiger partial charge in [-0.3, -0.25) is 4.90 Å². The van der Waals surface area contributed by atoms with Gasteiger partial charge in [0.25, 0.3) is 0 Å². The maximum Gasteiger partial charge on any atom is 0.410 e. The van der Waals surface area contributed by atoms with Gasteiger partial charge in [-0.2, -0.15) is 0 Å². The van der Waals surface area contributed by atoms with Gasteiger partial charge < -0.3 is 15.8 Å². The molecule has 1 aromatic rings. The van der Waals surface area contributed by atoms with Crippen LogP contribution in [0, 0.1) is 0 Å². The van der Waals surface area contributed by atoms with Crippen molar-refractivity contribution in [3.05, 3.63) is 29.3 Å². The Bertz CT molecular complexity index is 549. The van der Waals surface area contributed by atoms with Crippen molar-refractivity contribution >= 4 is 17.8 Å². The van der Waals surface area contributed by atoms with Crippen molar-refractivity contribution in [3.8, 4) is 0 Å². The molecule has 2 rings (SSSR count). The first-order chi connectivity index (χ1) is 9.24. The van der Waals surface area contributed by atoms with Crippen LogP contribution in [0.15, 0.2) is 18.2 Å². The van der Waals surface area contributed by atoms with Crippen LogP contribution in [0.25, 0.3) is 0 Å². The van der Waals surface area contributed by atoms with Crippen molar-refractivity contribution in [1.82, 2.24) is 4.90 Å². The van der Waals surface area contributed by atoms with Gasteiger partial charge in [-0.15, -0.1) is 0 Å². The quantitative estimate of drug-likeness (QED) is 0.826. The highest BCUT2D eigenvalue weighted by molar-refractivity contribution is 5.88. The highest BCUT2D eigenvalue weighted by Gasteiger charge is 2.27. The lowest BCUT2D eigenvalue weighted by Crippen LogP contribution is -2.33. The fraction of sp³-hybridized carbons (Fsp3) is 0.429. The number of ether oxygens (including phenoxy) is 1. The van der Waals surface area contributed by atoms with Crippen LogP contribution in [-0.4, -0.2) is 22.6 Å². The van der Waals surface area contributed by atoms with E-state index in [1.165, 1.54) is 0 Å². The smallest absolute Gasteiger partial charge is 0.410 e. The van der Waals surface area contributed by atoms with Gasteiger partial charge in [-0.25, -0.2) is 9.59 Å². The Labute approximate surface area is 117 Å². The molecular weight excluding hydrogens is 258 g/mol. The molecule has 6 heteroatoms. The Morgan fingerprint density at radius 1 is 1.25 bits per heavy atom. The van der Waals surface area contributed by atoms with E-state index in [4.69, 9.17) is 10.5 Å². The van der Waals surface area contributed by atoms with Gasteiger partial charge in [-0.05, 0) is 44.0 Å². The Morgan fingerprint density at radius 3 is 2.50 bits per heavy atom. The van der Waals surface area contributed by atoms with Gasteiger partial charge in [0.05, 0.1) is 0 Å². The number of anilines is 1. The number of hydrogen-bond donors (Lipinski definition) is 2. The lowest BCUT2D eigenvalue weighted by atomic mass is 10.1. The molecule has 1 aliphatic heterocycles. The van der Waals surface area contributed by atoms with Gasteiger partial charge in [0.2, 0.25) is 0 Å². The van der Waals surface area contributed by atoms with E-state index in [9.17, 15) is 9.59 Å². The van der Waals surface area contributed by atoms with Crippen molar-refractivity contribution < 1.29 is 14.3 Å². The average molecular weight is 277 g/mol. The first-order valence-electron chi connectivity index (χ1n) is 6.41. The number of benzene rings is 1. The molecule has 1 aromatic carbocycles. The molecule has 3 N–H and O–H groups in total. The zero-order valence-corrected chi connectivity index (χ0v) is 11.9. The Morgan fingerprint density at radius 2 is 1.90 bits per heavy atom. The summed E-state index contributed by atoms with van der Waals surface area (Å²) in [5.41, 5.74) is 7.23. The maximum atomic E-state index is 12.0. The highest BCUT2D eigenvalue weighted by Crippen LogP contribution is 2.27. The van der Waals surface area contributed by atoms with Crippen LogP contribution in [0.2, 0.25) is 0 Å². The molecular formula is C14H19N3O3. The number of nitrogens with one attached hydrogen (secondary N) is 1. The molecule has 0 bridgehead atoms. The summed E-state index contributed by atoms with van der Waals surface area (Å²) in [6.45, 7) is 6.49. The van der Waals surface area contributed by atoms with Gasteiger partial charge in [0.15, 0.2) is 0 Å². The zero-order chi connectivity index (χ0) is 14.9. The predicted octanol–water partition coefficient (Wildman–Crippen LogP) is 2.43. The predicted molar refractivity (Wildman–Crippen MR) is 75.1 cm³/mol. The minimum Gasteiger partial charge on any atom is -0.444 e. The number of urea groups is 1. The molecule has 0 spiro atoms. The van der Waals surface area contributed by atoms with Crippen LogP contribution in [0.4, 0.5) is 15.3 Å². The monoisotopic (exact) mass is 277 g/mol. The fourth-order valence-electron chi connectivity index (χ4n) is 2.07. The van der Waals surface area contributed by atoms with Crippen LogP contribution in [-0.2, 0) is 17.8 Å². The molecule has 6 nitrogen and oxygen atoms in total. The number of fused-ring (bicyclic) bond motifs is 1. The van der Waals surface area contributed by atoms with Crippen molar-refractivity contribution in [1.29, 1.82) is 0 Å². The fourth-order valence-corrected chi connectivity index (χ4v) is 2.07. The van der Waals surface area contributed by atoms with Gasteiger partial charge in [-0.1, -0.05) is 6.07 Å².